The highest BCUT2D eigenvalue weighted by Crippen LogP contribution is 2.32. The first-order valence-corrected chi connectivity index (χ1v) is 9.08. The summed E-state index contributed by atoms with van der Waals surface area (Å²) in [6.45, 7) is 2.86. The summed E-state index contributed by atoms with van der Waals surface area (Å²) in [5.74, 6) is -1.80. The van der Waals surface area contributed by atoms with E-state index in [1.807, 2.05) is 19.1 Å². The van der Waals surface area contributed by atoms with E-state index in [0.29, 0.717) is 16.8 Å². The van der Waals surface area contributed by atoms with Crippen molar-refractivity contribution in [2.75, 3.05) is 10.4 Å². The molecule has 0 saturated heterocycles. The lowest BCUT2D eigenvalue weighted by Crippen LogP contribution is -2.19. The van der Waals surface area contributed by atoms with Crippen molar-refractivity contribution in [3.8, 4) is 0 Å². The van der Waals surface area contributed by atoms with Crippen LogP contribution < -0.4 is 10.4 Å². The van der Waals surface area contributed by atoms with Gasteiger partial charge in [-0.15, -0.1) is 5.12 Å². The number of amides is 1. The maximum absolute atomic E-state index is 14.1. The Kier molecular flexibility index (Phi) is 5.94. The molecule has 0 saturated carbocycles. The van der Waals surface area contributed by atoms with E-state index in [4.69, 9.17) is 11.6 Å². The molecule has 0 fully saturated rings. The molecule has 0 aromatic heterocycles. The number of nitrogens with one attached hydrogen (secondary N) is 1. The number of rotatable bonds is 5. The average Bonchev–Trinajstić information content (AvgIpc) is 2.68. The molecule has 0 bridgehead atoms. The smallest absolute Gasteiger partial charge is 0.251 e. The lowest BCUT2D eigenvalue weighted by Gasteiger charge is -2.16. The maximum Gasteiger partial charge on any atom is 0.251 e. The van der Waals surface area contributed by atoms with Gasteiger partial charge in [-0.3, -0.25) is 9.59 Å². The second-order valence-corrected chi connectivity index (χ2v) is 6.83. The van der Waals surface area contributed by atoms with E-state index in [2.05, 4.69) is 5.32 Å². The molecular formula is C22H17ClF2N2O2. The van der Waals surface area contributed by atoms with E-state index in [1.165, 1.54) is 12.1 Å². The SMILES string of the molecule is CC(=O)N(F)c1cc(F)ccc1Nc1ccc(C(=O)c2ccccc2C)c(Cl)c1. The lowest BCUT2D eigenvalue weighted by atomic mass is 9.99. The fourth-order valence-electron chi connectivity index (χ4n) is 2.85. The normalized spacial score (nSPS) is 10.5. The van der Waals surface area contributed by atoms with E-state index >= 15 is 0 Å². The van der Waals surface area contributed by atoms with Crippen LogP contribution in [0.2, 0.25) is 5.02 Å². The summed E-state index contributed by atoms with van der Waals surface area (Å²) in [5, 5.41) is 2.95. The minimum Gasteiger partial charge on any atom is -0.354 e. The van der Waals surface area contributed by atoms with Gasteiger partial charge in [-0.25, -0.2) is 4.39 Å². The first-order valence-electron chi connectivity index (χ1n) is 8.71. The first kappa shape index (κ1) is 20.5. The van der Waals surface area contributed by atoms with Gasteiger partial charge in [0.15, 0.2) is 5.78 Å². The fraction of sp³-hybridized carbons (Fsp3) is 0.0909. The van der Waals surface area contributed by atoms with Gasteiger partial charge in [0.05, 0.1) is 10.7 Å². The lowest BCUT2D eigenvalue weighted by molar-refractivity contribution is -0.119. The molecule has 3 rings (SSSR count). The molecule has 29 heavy (non-hydrogen) atoms. The summed E-state index contributed by atoms with van der Waals surface area (Å²) in [6.07, 6.45) is 0. The molecule has 1 amide bonds. The van der Waals surface area contributed by atoms with E-state index in [0.717, 1.165) is 24.6 Å². The Balaban J connectivity index is 1.92. The third-order valence-electron chi connectivity index (χ3n) is 4.33. The number of hydrogen-bond donors (Lipinski definition) is 1. The van der Waals surface area contributed by atoms with Gasteiger partial charge in [0.1, 0.15) is 11.5 Å². The molecular weight excluding hydrogens is 398 g/mol. The summed E-state index contributed by atoms with van der Waals surface area (Å²) in [6, 6.07) is 15.2. The summed E-state index contributed by atoms with van der Waals surface area (Å²) in [5.41, 5.74) is 2.04. The molecule has 0 atom stereocenters. The second-order valence-electron chi connectivity index (χ2n) is 6.42. The molecule has 0 heterocycles. The zero-order valence-corrected chi connectivity index (χ0v) is 16.4. The molecule has 0 unspecified atom stereocenters. The van der Waals surface area contributed by atoms with Crippen LogP contribution in [0.1, 0.15) is 28.4 Å². The van der Waals surface area contributed by atoms with Gasteiger partial charge < -0.3 is 5.32 Å². The van der Waals surface area contributed by atoms with Crippen LogP contribution >= 0.6 is 11.6 Å². The number of halogens is 3. The molecule has 0 aliphatic carbocycles. The molecule has 148 valence electrons. The number of carbonyl (C=O) groups excluding carboxylic acids is 2. The Morgan fingerprint density at radius 2 is 1.72 bits per heavy atom. The maximum atomic E-state index is 14.1. The largest absolute Gasteiger partial charge is 0.354 e. The van der Waals surface area contributed by atoms with Crippen molar-refractivity contribution in [2.24, 2.45) is 0 Å². The number of benzene rings is 3. The van der Waals surface area contributed by atoms with Gasteiger partial charge in [0, 0.05) is 29.8 Å². The summed E-state index contributed by atoms with van der Waals surface area (Å²) in [7, 11) is 0. The number of ketones is 1. The number of hydrogen-bond acceptors (Lipinski definition) is 3. The van der Waals surface area contributed by atoms with Crippen molar-refractivity contribution in [1.82, 2.24) is 0 Å². The van der Waals surface area contributed by atoms with Crippen molar-refractivity contribution in [2.45, 2.75) is 13.8 Å². The van der Waals surface area contributed by atoms with Crippen molar-refractivity contribution < 1.29 is 18.5 Å². The highest BCUT2D eigenvalue weighted by molar-refractivity contribution is 6.35. The zero-order chi connectivity index (χ0) is 21.1. The minimum atomic E-state index is -0.893. The van der Waals surface area contributed by atoms with Crippen LogP contribution in [0.3, 0.4) is 0 Å². The Bertz CT molecular complexity index is 1100. The van der Waals surface area contributed by atoms with E-state index in [9.17, 15) is 18.5 Å². The van der Waals surface area contributed by atoms with E-state index < -0.39 is 11.7 Å². The fourth-order valence-corrected chi connectivity index (χ4v) is 3.11. The van der Waals surface area contributed by atoms with Crippen molar-refractivity contribution in [1.29, 1.82) is 0 Å². The van der Waals surface area contributed by atoms with Crippen LogP contribution in [-0.4, -0.2) is 11.7 Å². The van der Waals surface area contributed by atoms with Crippen molar-refractivity contribution in [3.63, 3.8) is 0 Å². The van der Waals surface area contributed by atoms with Crippen LogP contribution in [0.15, 0.2) is 60.7 Å². The van der Waals surface area contributed by atoms with Crippen LogP contribution in [-0.2, 0) is 4.79 Å². The first-order chi connectivity index (χ1) is 13.8. The van der Waals surface area contributed by atoms with Crippen LogP contribution in [0, 0.1) is 12.7 Å². The second kappa shape index (κ2) is 8.41. The van der Waals surface area contributed by atoms with Crippen molar-refractivity contribution >= 4 is 40.4 Å². The highest BCUT2D eigenvalue weighted by atomic mass is 35.5. The third-order valence-corrected chi connectivity index (χ3v) is 4.64. The van der Waals surface area contributed by atoms with Gasteiger partial charge in [0.2, 0.25) is 0 Å². The summed E-state index contributed by atoms with van der Waals surface area (Å²) < 4.78 is 27.6. The predicted octanol–water partition coefficient (Wildman–Crippen LogP) is 6.00. The summed E-state index contributed by atoms with van der Waals surface area (Å²) in [4.78, 5) is 24.1. The molecule has 7 heteroatoms. The molecule has 0 radical (unpaired) electrons. The molecule has 3 aromatic carbocycles. The quantitative estimate of drug-likeness (QED) is 0.411. The molecule has 3 aromatic rings. The highest BCUT2D eigenvalue weighted by Gasteiger charge is 2.18. The number of aryl methyl sites for hydroxylation is 1. The van der Waals surface area contributed by atoms with E-state index in [1.54, 1.807) is 24.3 Å². The Labute approximate surface area is 171 Å². The van der Waals surface area contributed by atoms with Crippen LogP contribution in [0.25, 0.3) is 0 Å². The molecule has 4 nitrogen and oxygen atoms in total. The predicted molar refractivity (Wildman–Crippen MR) is 110 cm³/mol. The standard InChI is InChI=1S/C22H17ClF2N2O2/c1-13-5-3-4-6-17(13)22(29)18-9-8-16(12-19(18)23)26-20-10-7-15(24)11-21(20)27(25)14(2)28/h3-12,26H,1-2H3. The van der Waals surface area contributed by atoms with Gasteiger partial charge >= 0.3 is 0 Å². The van der Waals surface area contributed by atoms with Gasteiger partial charge in [-0.2, -0.15) is 0 Å². The Hall–Kier alpha value is -3.25. The number of carbonyl (C=O) groups is 2. The van der Waals surface area contributed by atoms with Crippen LogP contribution in [0.5, 0.6) is 0 Å². The summed E-state index contributed by atoms with van der Waals surface area (Å²) >= 11 is 6.31. The average molecular weight is 415 g/mol. The van der Waals surface area contributed by atoms with E-state index in [-0.39, 0.29) is 27.3 Å². The minimum absolute atomic E-state index is 0.150. The molecule has 0 aliphatic heterocycles. The molecule has 1 N–H and O–H groups in total. The number of anilines is 3. The van der Waals surface area contributed by atoms with Gasteiger partial charge in [-0.05, 0) is 42.8 Å². The van der Waals surface area contributed by atoms with Crippen molar-refractivity contribution in [3.05, 3.63) is 88.2 Å². The number of nitrogens with zero attached hydrogens (tertiary/aromatic N) is 1. The topological polar surface area (TPSA) is 49.4 Å². The monoisotopic (exact) mass is 414 g/mol. The van der Waals surface area contributed by atoms with Gasteiger partial charge in [-0.1, -0.05) is 40.3 Å². The molecule has 0 aliphatic rings. The zero-order valence-electron chi connectivity index (χ0n) is 15.7. The van der Waals surface area contributed by atoms with Crippen LogP contribution in [0.4, 0.5) is 25.9 Å². The third kappa shape index (κ3) is 4.43. The van der Waals surface area contributed by atoms with Gasteiger partial charge in [0.25, 0.3) is 5.91 Å². The molecule has 0 spiro atoms. The Morgan fingerprint density at radius 1 is 1.00 bits per heavy atom. The Morgan fingerprint density at radius 3 is 2.38 bits per heavy atom.